The molecule has 23 heavy (non-hydrogen) atoms. The van der Waals surface area contributed by atoms with Gasteiger partial charge in [-0.25, -0.2) is 0 Å². The lowest BCUT2D eigenvalue weighted by molar-refractivity contribution is 0.0934. The molecule has 1 atom stereocenters. The van der Waals surface area contributed by atoms with Crippen molar-refractivity contribution in [3.8, 4) is 0 Å². The molecule has 6 heteroatoms. The Kier molecular flexibility index (Phi) is 4.92. The molecule has 1 unspecified atom stereocenters. The number of hydrogen-bond donors (Lipinski definition) is 1. The molecule has 3 rings (SSSR count). The van der Waals surface area contributed by atoms with Crippen LogP contribution in [0.3, 0.4) is 0 Å². The molecule has 0 radical (unpaired) electrons. The van der Waals surface area contributed by atoms with Crippen LogP contribution in [0, 0.1) is 0 Å². The van der Waals surface area contributed by atoms with E-state index in [0.717, 1.165) is 23.6 Å². The maximum atomic E-state index is 12.5. The van der Waals surface area contributed by atoms with Gasteiger partial charge in [-0.15, -0.1) is 10.2 Å². The zero-order valence-corrected chi connectivity index (χ0v) is 13.7. The maximum Gasteiger partial charge on any atom is 0.251 e. The predicted molar refractivity (Wildman–Crippen MR) is 92.6 cm³/mol. The molecule has 3 aromatic rings. The standard InChI is InChI=1S/C17H18N4OS/c1-23-12-10-14(18-17(22)13-7-3-2-4-8-13)16-20-19-15-9-5-6-11-21(15)16/h2-9,11,14H,10,12H2,1H3,(H,18,22). The second-order valence-corrected chi connectivity index (χ2v) is 6.15. The number of thioether (sulfide) groups is 1. The minimum Gasteiger partial charge on any atom is -0.342 e. The Morgan fingerprint density at radius 3 is 2.74 bits per heavy atom. The number of nitrogens with one attached hydrogen (secondary N) is 1. The van der Waals surface area contributed by atoms with Gasteiger partial charge in [0.25, 0.3) is 5.91 Å². The number of benzene rings is 1. The molecule has 0 saturated heterocycles. The van der Waals surface area contributed by atoms with Crippen LogP contribution in [0.4, 0.5) is 0 Å². The number of aromatic nitrogens is 3. The third-order valence-electron chi connectivity index (χ3n) is 3.60. The van der Waals surface area contributed by atoms with E-state index in [1.54, 1.807) is 11.8 Å². The second-order valence-electron chi connectivity index (χ2n) is 5.16. The number of carbonyl (C=O) groups excluding carboxylic acids is 1. The normalized spacial score (nSPS) is 12.2. The van der Waals surface area contributed by atoms with Crippen molar-refractivity contribution >= 4 is 23.3 Å². The molecule has 2 aromatic heterocycles. The molecule has 0 fully saturated rings. The SMILES string of the molecule is CSCCC(NC(=O)c1ccccc1)c1nnc2ccccn12. The molecule has 1 amide bonds. The highest BCUT2D eigenvalue weighted by Gasteiger charge is 2.20. The Labute approximate surface area is 139 Å². The highest BCUT2D eigenvalue weighted by atomic mass is 32.2. The first-order valence-electron chi connectivity index (χ1n) is 7.44. The number of amides is 1. The number of fused-ring (bicyclic) bond motifs is 1. The number of hydrogen-bond acceptors (Lipinski definition) is 4. The van der Waals surface area contributed by atoms with Gasteiger partial charge in [-0.05, 0) is 42.7 Å². The molecule has 0 bridgehead atoms. The fraction of sp³-hybridized carbons (Fsp3) is 0.235. The fourth-order valence-corrected chi connectivity index (χ4v) is 2.90. The Morgan fingerprint density at radius 2 is 1.96 bits per heavy atom. The van der Waals surface area contributed by atoms with Crippen molar-refractivity contribution in [3.63, 3.8) is 0 Å². The minimum atomic E-state index is -0.174. The average Bonchev–Trinajstić information content (AvgIpc) is 3.03. The summed E-state index contributed by atoms with van der Waals surface area (Å²) in [6, 6.07) is 14.8. The predicted octanol–water partition coefficient (Wildman–Crippen LogP) is 2.95. The van der Waals surface area contributed by atoms with Gasteiger partial charge in [0.1, 0.15) is 0 Å². The van der Waals surface area contributed by atoms with Gasteiger partial charge in [0.15, 0.2) is 11.5 Å². The Hall–Kier alpha value is -2.34. The van der Waals surface area contributed by atoms with E-state index in [-0.39, 0.29) is 11.9 Å². The van der Waals surface area contributed by atoms with Crippen molar-refractivity contribution in [2.24, 2.45) is 0 Å². The zero-order valence-electron chi connectivity index (χ0n) is 12.8. The van der Waals surface area contributed by atoms with Crippen LogP contribution in [-0.4, -0.2) is 32.5 Å². The Balaban J connectivity index is 1.87. The van der Waals surface area contributed by atoms with E-state index < -0.39 is 0 Å². The Morgan fingerprint density at radius 1 is 1.17 bits per heavy atom. The molecule has 0 aliphatic heterocycles. The topological polar surface area (TPSA) is 59.3 Å². The van der Waals surface area contributed by atoms with Gasteiger partial charge in [0, 0.05) is 11.8 Å². The summed E-state index contributed by atoms with van der Waals surface area (Å²) in [6.07, 6.45) is 4.78. The van der Waals surface area contributed by atoms with Gasteiger partial charge in [0.05, 0.1) is 6.04 Å². The second kappa shape index (κ2) is 7.28. The van der Waals surface area contributed by atoms with Gasteiger partial charge in [-0.1, -0.05) is 24.3 Å². The molecule has 2 heterocycles. The van der Waals surface area contributed by atoms with Crippen LogP contribution in [0.1, 0.15) is 28.6 Å². The highest BCUT2D eigenvalue weighted by Crippen LogP contribution is 2.19. The van der Waals surface area contributed by atoms with E-state index in [4.69, 9.17) is 0 Å². The van der Waals surface area contributed by atoms with Gasteiger partial charge in [-0.3, -0.25) is 9.20 Å². The van der Waals surface area contributed by atoms with Crippen molar-refractivity contribution in [1.29, 1.82) is 0 Å². The molecular formula is C17H18N4OS. The molecule has 0 saturated carbocycles. The molecule has 0 aliphatic rings. The summed E-state index contributed by atoms with van der Waals surface area (Å²) < 4.78 is 1.93. The highest BCUT2D eigenvalue weighted by molar-refractivity contribution is 7.98. The summed E-state index contributed by atoms with van der Waals surface area (Å²) in [5.41, 5.74) is 1.43. The number of rotatable bonds is 6. The first kappa shape index (κ1) is 15.6. The van der Waals surface area contributed by atoms with Crippen LogP contribution in [-0.2, 0) is 0 Å². The summed E-state index contributed by atoms with van der Waals surface area (Å²) >= 11 is 1.75. The molecule has 5 nitrogen and oxygen atoms in total. The van der Waals surface area contributed by atoms with Gasteiger partial charge >= 0.3 is 0 Å². The monoisotopic (exact) mass is 326 g/mol. The van der Waals surface area contributed by atoms with E-state index in [0.29, 0.717) is 5.56 Å². The fourth-order valence-electron chi connectivity index (χ4n) is 2.43. The van der Waals surface area contributed by atoms with Crippen LogP contribution in [0.2, 0.25) is 0 Å². The van der Waals surface area contributed by atoms with Crippen molar-refractivity contribution in [1.82, 2.24) is 19.9 Å². The number of pyridine rings is 1. The summed E-state index contributed by atoms with van der Waals surface area (Å²) in [5, 5.41) is 11.6. The van der Waals surface area contributed by atoms with Crippen molar-refractivity contribution in [3.05, 3.63) is 66.1 Å². The first-order chi connectivity index (χ1) is 11.3. The summed E-state index contributed by atoms with van der Waals surface area (Å²) in [5.74, 6) is 1.60. The minimum absolute atomic E-state index is 0.0932. The molecular weight excluding hydrogens is 308 g/mol. The van der Waals surface area contributed by atoms with E-state index in [9.17, 15) is 4.79 Å². The zero-order chi connectivity index (χ0) is 16.1. The summed E-state index contributed by atoms with van der Waals surface area (Å²) in [6.45, 7) is 0. The quantitative estimate of drug-likeness (QED) is 0.756. The molecule has 1 N–H and O–H groups in total. The van der Waals surface area contributed by atoms with Crippen molar-refractivity contribution in [2.75, 3.05) is 12.0 Å². The van der Waals surface area contributed by atoms with Crippen LogP contribution in [0.5, 0.6) is 0 Å². The summed E-state index contributed by atoms with van der Waals surface area (Å²) in [4.78, 5) is 12.5. The van der Waals surface area contributed by atoms with E-state index in [1.807, 2.05) is 59.1 Å². The van der Waals surface area contributed by atoms with E-state index in [2.05, 4.69) is 21.8 Å². The Bertz CT molecular complexity index is 787. The third-order valence-corrected chi connectivity index (χ3v) is 4.25. The number of carbonyl (C=O) groups is 1. The lowest BCUT2D eigenvalue weighted by atomic mass is 10.1. The molecule has 118 valence electrons. The first-order valence-corrected chi connectivity index (χ1v) is 8.83. The van der Waals surface area contributed by atoms with Gasteiger partial charge < -0.3 is 5.32 Å². The van der Waals surface area contributed by atoms with Gasteiger partial charge in [-0.2, -0.15) is 11.8 Å². The van der Waals surface area contributed by atoms with Crippen molar-refractivity contribution in [2.45, 2.75) is 12.5 Å². The maximum absolute atomic E-state index is 12.5. The molecule has 1 aromatic carbocycles. The lowest BCUT2D eigenvalue weighted by Gasteiger charge is -2.17. The molecule has 0 spiro atoms. The third kappa shape index (κ3) is 3.53. The van der Waals surface area contributed by atoms with E-state index >= 15 is 0 Å². The van der Waals surface area contributed by atoms with E-state index in [1.165, 1.54) is 0 Å². The largest absolute Gasteiger partial charge is 0.342 e. The lowest BCUT2D eigenvalue weighted by Crippen LogP contribution is -2.30. The van der Waals surface area contributed by atoms with Gasteiger partial charge in [0.2, 0.25) is 0 Å². The van der Waals surface area contributed by atoms with Crippen LogP contribution in [0.15, 0.2) is 54.7 Å². The smallest absolute Gasteiger partial charge is 0.251 e. The average molecular weight is 326 g/mol. The molecule has 0 aliphatic carbocycles. The summed E-state index contributed by atoms with van der Waals surface area (Å²) in [7, 11) is 0. The van der Waals surface area contributed by atoms with Crippen molar-refractivity contribution < 1.29 is 4.79 Å². The van der Waals surface area contributed by atoms with Crippen LogP contribution in [0.25, 0.3) is 5.65 Å². The number of nitrogens with zero attached hydrogens (tertiary/aromatic N) is 3. The van der Waals surface area contributed by atoms with Crippen LogP contribution < -0.4 is 5.32 Å². The van der Waals surface area contributed by atoms with Crippen LogP contribution >= 0.6 is 11.8 Å².